The highest BCUT2D eigenvalue weighted by atomic mass is 19.1. The van der Waals surface area contributed by atoms with Gasteiger partial charge in [-0.15, -0.1) is 0 Å². The molecule has 1 N–H and O–H groups in total. The number of aromatic nitrogens is 3. The van der Waals surface area contributed by atoms with E-state index in [9.17, 15) is 14.3 Å². The molecule has 5 fully saturated rings. The Bertz CT molecular complexity index is 1120. The van der Waals surface area contributed by atoms with Crippen LogP contribution >= 0.6 is 0 Å². The average Bonchev–Trinajstić information content (AvgIpc) is 3.11. The van der Waals surface area contributed by atoms with Crippen molar-refractivity contribution < 1.29 is 14.3 Å². The third-order valence-electron chi connectivity index (χ3n) is 11.1. The van der Waals surface area contributed by atoms with Gasteiger partial charge in [-0.25, -0.2) is 4.39 Å². The van der Waals surface area contributed by atoms with Crippen LogP contribution in [0.2, 0.25) is 0 Å². The van der Waals surface area contributed by atoms with Crippen LogP contribution in [-0.4, -0.2) is 37.4 Å². The van der Waals surface area contributed by atoms with E-state index in [-0.39, 0.29) is 17.3 Å². The molecule has 5 nitrogen and oxygen atoms in total. The van der Waals surface area contributed by atoms with Crippen LogP contribution in [0.4, 0.5) is 4.39 Å². The average molecular weight is 452 g/mol. The molecule has 0 amide bonds. The number of pyridine rings is 1. The first-order valence-electron chi connectivity index (χ1n) is 13.1. The minimum absolute atomic E-state index is 0.0733. The van der Waals surface area contributed by atoms with Crippen LogP contribution in [0.15, 0.2) is 24.5 Å². The van der Waals surface area contributed by atoms with E-state index in [2.05, 4.69) is 17.0 Å². The van der Waals surface area contributed by atoms with Crippen molar-refractivity contribution in [2.45, 2.75) is 76.6 Å². The standard InChI is InChI=1S/C27H34FN3O2/c1-26-10-8-15-16-9-11-27(33)24(25(27)28)18(16)5-4-17(15)19(26)6-7-20(26)23(32)14-31-22-3-2-12-29-21(22)13-30-31/h2-3,12-13,15-20,24-25,33H,4-11,14H2,1H3/t15-,16-,17-,18+,19+,20-,24?,25-,26+,27-/m1/s1. The first kappa shape index (κ1) is 20.5. The van der Waals surface area contributed by atoms with Crippen LogP contribution in [-0.2, 0) is 11.3 Å². The summed E-state index contributed by atoms with van der Waals surface area (Å²) in [6.45, 7) is 2.72. The summed E-state index contributed by atoms with van der Waals surface area (Å²) in [4.78, 5) is 17.9. The minimum atomic E-state index is -0.992. The lowest BCUT2D eigenvalue weighted by Gasteiger charge is -2.55. The molecule has 0 bridgehead atoms. The van der Waals surface area contributed by atoms with Gasteiger partial charge in [0.1, 0.15) is 23.8 Å². The molecule has 0 spiro atoms. The van der Waals surface area contributed by atoms with Crippen molar-refractivity contribution in [2.75, 3.05) is 0 Å². The van der Waals surface area contributed by atoms with E-state index in [4.69, 9.17) is 0 Å². The second-order valence-electron chi connectivity index (χ2n) is 12.1. The summed E-state index contributed by atoms with van der Waals surface area (Å²) >= 11 is 0. The number of carbonyl (C=O) groups is 1. The molecule has 0 radical (unpaired) electrons. The van der Waals surface area contributed by atoms with E-state index >= 15 is 0 Å². The molecule has 33 heavy (non-hydrogen) atoms. The maximum atomic E-state index is 14.4. The molecule has 2 aromatic rings. The molecule has 176 valence electrons. The minimum Gasteiger partial charge on any atom is -0.386 e. The molecule has 0 saturated heterocycles. The molecule has 0 aliphatic heterocycles. The number of fused-ring (bicyclic) bond motifs is 8. The van der Waals surface area contributed by atoms with E-state index in [0.717, 1.165) is 49.6 Å². The number of alkyl halides is 1. The quantitative estimate of drug-likeness (QED) is 0.742. The van der Waals surface area contributed by atoms with Crippen molar-refractivity contribution in [1.82, 2.24) is 14.8 Å². The maximum absolute atomic E-state index is 14.4. The first-order valence-corrected chi connectivity index (χ1v) is 13.1. The van der Waals surface area contributed by atoms with Crippen molar-refractivity contribution >= 4 is 16.8 Å². The first-order chi connectivity index (χ1) is 15.9. The van der Waals surface area contributed by atoms with Crippen molar-refractivity contribution in [3.63, 3.8) is 0 Å². The van der Waals surface area contributed by atoms with Crippen LogP contribution < -0.4 is 0 Å². The van der Waals surface area contributed by atoms with E-state index in [1.807, 2.05) is 16.8 Å². The Kier molecular flexibility index (Phi) is 4.27. The van der Waals surface area contributed by atoms with Crippen LogP contribution in [0.3, 0.4) is 0 Å². The highest BCUT2D eigenvalue weighted by Crippen LogP contribution is 2.69. The molecule has 1 unspecified atom stereocenters. The van der Waals surface area contributed by atoms with E-state index in [0.29, 0.717) is 48.3 Å². The van der Waals surface area contributed by atoms with Gasteiger partial charge in [-0.1, -0.05) is 6.92 Å². The van der Waals surface area contributed by atoms with Gasteiger partial charge in [0.15, 0.2) is 5.78 Å². The highest BCUT2D eigenvalue weighted by Gasteiger charge is 2.72. The zero-order valence-corrected chi connectivity index (χ0v) is 19.4. The highest BCUT2D eigenvalue weighted by molar-refractivity contribution is 5.84. The number of halogens is 1. The molecule has 2 aromatic heterocycles. The van der Waals surface area contributed by atoms with E-state index in [1.54, 1.807) is 12.4 Å². The second kappa shape index (κ2) is 6.87. The lowest BCUT2D eigenvalue weighted by atomic mass is 9.49. The maximum Gasteiger partial charge on any atom is 0.157 e. The van der Waals surface area contributed by atoms with Gasteiger partial charge >= 0.3 is 0 Å². The second-order valence-corrected chi connectivity index (χ2v) is 12.1. The molecule has 7 rings (SSSR count). The molecule has 2 heterocycles. The predicted octanol–water partition coefficient (Wildman–Crippen LogP) is 4.58. The van der Waals surface area contributed by atoms with Gasteiger partial charge in [-0.2, -0.15) is 5.10 Å². The molecule has 5 aliphatic carbocycles. The fraction of sp³-hybridized carbons (Fsp3) is 0.741. The normalized spacial score (nSPS) is 48.0. The molecule has 0 aromatic carbocycles. The van der Waals surface area contributed by atoms with Crippen molar-refractivity contribution in [1.29, 1.82) is 0 Å². The number of hydrogen-bond donors (Lipinski definition) is 1. The molecule has 6 heteroatoms. The number of aliphatic hydroxyl groups is 1. The van der Waals surface area contributed by atoms with E-state index < -0.39 is 11.8 Å². The largest absolute Gasteiger partial charge is 0.386 e. The number of rotatable bonds is 3. The Morgan fingerprint density at radius 1 is 1.12 bits per heavy atom. The summed E-state index contributed by atoms with van der Waals surface area (Å²) in [6, 6.07) is 3.88. The topological polar surface area (TPSA) is 68.0 Å². The van der Waals surface area contributed by atoms with Gasteiger partial charge in [0.2, 0.25) is 0 Å². The van der Waals surface area contributed by atoms with Gasteiger partial charge in [-0.3, -0.25) is 14.5 Å². The summed E-state index contributed by atoms with van der Waals surface area (Å²) in [5.74, 6) is 3.22. The summed E-state index contributed by atoms with van der Waals surface area (Å²) in [5, 5.41) is 15.0. The number of ketones is 1. The van der Waals surface area contributed by atoms with E-state index in [1.165, 1.54) is 6.42 Å². The summed E-state index contributed by atoms with van der Waals surface area (Å²) in [5.41, 5.74) is 0.845. The van der Waals surface area contributed by atoms with Gasteiger partial charge < -0.3 is 5.11 Å². The Balaban J connectivity index is 1.10. The fourth-order valence-corrected chi connectivity index (χ4v) is 9.58. The van der Waals surface area contributed by atoms with Crippen LogP contribution in [0, 0.1) is 46.8 Å². The Morgan fingerprint density at radius 3 is 2.79 bits per heavy atom. The predicted molar refractivity (Wildman–Crippen MR) is 122 cm³/mol. The zero-order chi connectivity index (χ0) is 22.5. The Morgan fingerprint density at radius 2 is 1.91 bits per heavy atom. The number of hydrogen-bond acceptors (Lipinski definition) is 4. The van der Waals surface area contributed by atoms with Crippen molar-refractivity contribution in [2.24, 2.45) is 46.8 Å². The third kappa shape index (κ3) is 2.70. The monoisotopic (exact) mass is 451 g/mol. The van der Waals surface area contributed by atoms with Gasteiger partial charge in [-0.05, 0) is 98.5 Å². The lowest BCUT2D eigenvalue weighted by Crippen LogP contribution is -2.50. The Hall–Kier alpha value is -1.82. The summed E-state index contributed by atoms with van der Waals surface area (Å²) in [6.07, 6.45) is 10.8. The summed E-state index contributed by atoms with van der Waals surface area (Å²) in [7, 11) is 0. The molecule has 10 atom stereocenters. The third-order valence-corrected chi connectivity index (χ3v) is 11.1. The van der Waals surface area contributed by atoms with Crippen LogP contribution in [0.5, 0.6) is 0 Å². The van der Waals surface area contributed by atoms with Crippen molar-refractivity contribution in [3.8, 4) is 0 Å². The summed E-state index contributed by atoms with van der Waals surface area (Å²) < 4.78 is 16.3. The molecule has 5 aliphatic rings. The molecule has 5 saturated carbocycles. The number of carbonyl (C=O) groups excluding carboxylic acids is 1. The van der Waals surface area contributed by atoms with Crippen LogP contribution in [0.25, 0.3) is 11.0 Å². The van der Waals surface area contributed by atoms with Gasteiger partial charge in [0.05, 0.1) is 11.7 Å². The van der Waals surface area contributed by atoms with Crippen LogP contribution in [0.1, 0.15) is 58.3 Å². The SMILES string of the molecule is C[C@]12CC[C@@H]3[C@H]4CC[C@@]5(O)C([C@H]4CC[C@H]3[C@@H]1CC[C@@H]2C(=O)Cn1ncc2ncccc21)[C@H]5F. The van der Waals surface area contributed by atoms with Gasteiger partial charge in [0, 0.05) is 18.0 Å². The Labute approximate surface area is 194 Å². The number of Topliss-reactive ketones (excluding diaryl/α,β-unsaturated/α-hetero) is 1. The van der Waals surface area contributed by atoms with Gasteiger partial charge in [0.25, 0.3) is 0 Å². The molecular weight excluding hydrogens is 417 g/mol. The number of nitrogens with zero attached hydrogens (tertiary/aromatic N) is 3. The van der Waals surface area contributed by atoms with Crippen molar-refractivity contribution in [3.05, 3.63) is 24.5 Å². The smallest absolute Gasteiger partial charge is 0.157 e. The lowest BCUT2D eigenvalue weighted by molar-refractivity contribution is -0.131. The fourth-order valence-electron chi connectivity index (χ4n) is 9.58. The zero-order valence-electron chi connectivity index (χ0n) is 19.4. The molecular formula is C27H34FN3O2.